The molecule has 1 heterocycles. The van der Waals surface area contributed by atoms with Gasteiger partial charge >= 0.3 is 6.18 Å². The SMILES string of the molecule is [2H][C@@H]1CN(c2c([N+](=O)[O-])ccc(Oc3ccccc3Cl)c2C(F)(F)F)CCN1C. The van der Waals surface area contributed by atoms with Crippen molar-refractivity contribution in [2.24, 2.45) is 0 Å². The number of likely N-dealkylation sites (N-methyl/N-ethyl adjacent to an activating group) is 1. The Morgan fingerprint density at radius 1 is 1.18 bits per heavy atom. The second kappa shape index (κ2) is 7.84. The molecule has 0 unspecified atom stereocenters. The molecule has 0 amide bonds. The molecule has 3 rings (SSSR count). The van der Waals surface area contributed by atoms with Crippen molar-refractivity contribution in [3.8, 4) is 11.5 Å². The van der Waals surface area contributed by atoms with E-state index in [-0.39, 0.29) is 30.4 Å². The third kappa shape index (κ3) is 4.15. The summed E-state index contributed by atoms with van der Waals surface area (Å²) in [5.41, 5.74) is -2.55. The lowest BCUT2D eigenvalue weighted by molar-refractivity contribution is -0.384. The summed E-state index contributed by atoms with van der Waals surface area (Å²) in [6, 6.07) is 7.91. The quantitative estimate of drug-likeness (QED) is 0.528. The van der Waals surface area contributed by atoms with Crippen LogP contribution in [0.2, 0.25) is 5.02 Å². The molecule has 0 spiro atoms. The first-order valence-corrected chi connectivity index (χ1v) is 8.65. The number of nitro groups is 1. The molecule has 0 radical (unpaired) electrons. The zero-order valence-electron chi connectivity index (χ0n) is 15.7. The normalized spacial score (nSPS) is 18.7. The summed E-state index contributed by atoms with van der Waals surface area (Å²) in [5.74, 6) is -0.595. The molecule has 2 aromatic carbocycles. The molecule has 1 fully saturated rings. The lowest BCUT2D eigenvalue weighted by atomic mass is 10.1. The van der Waals surface area contributed by atoms with Gasteiger partial charge in [0, 0.05) is 33.6 Å². The van der Waals surface area contributed by atoms with Gasteiger partial charge in [-0.25, -0.2) is 0 Å². The number of anilines is 1. The van der Waals surface area contributed by atoms with Gasteiger partial charge in [0.25, 0.3) is 5.69 Å². The van der Waals surface area contributed by atoms with Crippen LogP contribution in [0.1, 0.15) is 6.93 Å². The minimum atomic E-state index is -4.93. The predicted octanol–water partition coefficient (Wildman–Crippen LogP) is 4.81. The molecule has 150 valence electrons. The summed E-state index contributed by atoms with van der Waals surface area (Å²) in [5, 5.41) is 11.6. The number of alkyl halides is 3. The number of para-hydroxylation sites is 1. The Hall–Kier alpha value is -2.52. The highest BCUT2D eigenvalue weighted by Crippen LogP contribution is 2.48. The molecule has 0 N–H and O–H groups in total. The summed E-state index contributed by atoms with van der Waals surface area (Å²) in [7, 11) is 1.67. The van der Waals surface area contributed by atoms with Crippen LogP contribution in [-0.4, -0.2) is 43.0 Å². The number of hydrogen-bond donors (Lipinski definition) is 0. The van der Waals surface area contributed by atoms with Gasteiger partial charge in [0.15, 0.2) is 0 Å². The van der Waals surface area contributed by atoms with Crippen molar-refractivity contribution in [3.05, 3.63) is 57.1 Å². The fourth-order valence-corrected chi connectivity index (χ4v) is 3.11. The summed E-state index contributed by atoms with van der Waals surface area (Å²) in [6.45, 7) is -0.544. The van der Waals surface area contributed by atoms with Crippen LogP contribution >= 0.6 is 11.6 Å². The molecule has 1 atom stereocenters. The smallest absolute Gasteiger partial charge is 0.422 e. The minimum absolute atomic E-state index is 0.00350. The van der Waals surface area contributed by atoms with Crippen LogP contribution in [0, 0.1) is 10.1 Å². The van der Waals surface area contributed by atoms with Crippen molar-refractivity contribution in [1.82, 2.24) is 4.90 Å². The average molecular weight is 417 g/mol. The van der Waals surface area contributed by atoms with Crippen molar-refractivity contribution < 1.29 is 24.2 Å². The van der Waals surface area contributed by atoms with E-state index in [1.807, 2.05) is 0 Å². The monoisotopic (exact) mass is 416 g/mol. The lowest BCUT2D eigenvalue weighted by Gasteiger charge is -2.35. The Morgan fingerprint density at radius 3 is 2.50 bits per heavy atom. The molecule has 1 aliphatic heterocycles. The van der Waals surface area contributed by atoms with Crippen molar-refractivity contribution in [3.63, 3.8) is 0 Å². The zero-order valence-corrected chi connectivity index (χ0v) is 15.5. The highest BCUT2D eigenvalue weighted by Gasteiger charge is 2.43. The van der Waals surface area contributed by atoms with Gasteiger partial charge in [0.2, 0.25) is 0 Å². The molecule has 0 aromatic heterocycles. The van der Waals surface area contributed by atoms with Crippen molar-refractivity contribution >= 4 is 23.0 Å². The zero-order chi connectivity index (χ0) is 21.3. The molecule has 1 aliphatic rings. The van der Waals surface area contributed by atoms with E-state index in [2.05, 4.69) is 0 Å². The van der Waals surface area contributed by atoms with E-state index in [1.54, 1.807) is 24.1 Å². The Bertz CT molecular complexity index is 929. The fraction of sp³-hybridized carbons (Fsp3) is 0.333. The van der Waals surface area contributed by atoms with Gasteiger partial charge in [-0.2, -0.15) is 13.2 Å². The van der Waals surface area contributed by atoms with Gasteiger partial charge in [-0.1, -0.05) is 23.7 Å². The lowest BCUT2D eigenvalue weighted by Crippen LogP contribution is -2.45. The van der Waals surface area contributed by atoms with Gasteiger partial charge in [-0.3, -0.25) is 10.1 Å². The van der Waals surface area contributed by atoms with Crippen LogP contribution in [0.25, 0.3) is 0 Å². The van der Waals surface area contributed by atoms with Gasteiger partial charge < -0.3 is 14.5 Å². The van der Waals surface area contributed by atoms with E-state index in [1.165, 1.54) is 17.0 Å². The summed E-state index contributed by atoms with van der Waals surface area (Å²) < 4.78 is 55.6. The van der Waals surface area contributed by atoms with Crippen LogP contribution in [0.4, 0.5) is 24.5 Å². The van der Waals surface area contributed by atoms with E-state index < -0.39 is 40.3 Å². The maximum absolute atomic E-state index is 14.1. The number of rotatable bonds is 4. The van der Waals surface area contributed by atoms with Gasteiger partial charge in [0.05, 0.1) is 9.95 Å². The van der Waals surface area contributed by atoms with Crippen molar-refractivity contribution in [2.75, 3.05) is 38.1 Å². The Kier molecular flexibility index (Phi) is 5.27. The van der Waals surface area contributed by atoms with Gasteiger partial charge in [0.1, 0.15) is 22.7 Å². The highest BCUT2D eigenvalue weighted by molar-refractivity contribution is 6.32. The molecular formula is C18H17ClF3N3O3. The maximum Gasteiger partial charge on any atom is 0.422 e. The standard InChI is InChI=1S/C18H17ClF3N3O3/c1-23-8-10-24(11-9-23)17-13(25(26)27)6-7-15(16(17)18(20,21)22)28-14-5-3-2-4-12(14)19/h2-7H,8-11H2,1H3/i8D/t8-/m1/s1. The van der Waals surface area contributed by atoms with Crippen molar-refractivity contribution in [2.45, 2.75) is 6.18 Å². The molecule has 0 saturated carbocycles. The summed E-state index contributed by atoms with van der Waals surface area (Å²) in [6.07, 6.45) is -4.93. The van der Waals surface area contributed by atoms with Gasteiger partial charge in [-0.05, 0) is 25.2 Å². The Labute approximate surface area is 165 Å². The molecule has 28 heavy (non-hydrogen) atoms. The topological polar surface area (TPSA) is 58.9 Å². The molecule has 1 saturated heterocycles. The average Bonchev–Trinajstić information content (AvgIpc) is 2.64. The summed E-state index contributed by atoms with van der Waals surface area (Å²) >= 11 is 5.99. The highest BCUT2D eigenvalue weighted by atomic mass is 35.5. The predicted molar refractivity (Wildman–Crippen MR) is 99.3 cm³/mol. The Morgan fingerprint density at radius 2 is 1.89 bits per heavy atom. The number of ether oxygens (including phenoxy) is 1. The molecule has 2 aromatic rings. The van der Waals surface area contributed by atoms with Crippen LogP contribution in [0.3, 0.4) is 0 Å². The maximum atomic E-state index is 14.1. The first-order chi connectivity index (χ1) is 13.6. The minimum Gasteiger partial charge on any atom is -0.455 e. The van der Waals surface area contributed by atoms with Crippen LogP contribution in [0.5, 0.6) is 11.5 Å². The Balaban J connectivity index is 2.18. The number of nitro benzene ring substituents is 1. The number of piperazine rings is 1. The first kappa shape index (κ1) is 18.8. The largest absolute Gasteiger partial charge is 0.455 e. The first-order valence-electron chi connectivity index (χ1n) is 8.85. The molecule has 10 heteroatoms. The molecule has 0 aliphatic carbocycles. The van der Waals surface area contributed by atoms with E-state index in [0.717, 1.165) is 12.1 Å². The second-order valence-electron chi connectivity index (χ2n) is 6.20. The van der Waals surface area contributed by atoms with Crippen LogP contribution < -0.4 is 9.64 Å². The van der Waals surface area contributed by atoms with Crippen molar-refractivity contribution in [1.29, 1.82) is 0 Å². The number of nitrogens with zero attached hydrogens (tertiary/aromatic N) is 3. The van der Waals surface area contributed by atoms with E-state index in [0.29, 0.717) is 0 Å². The molecular weight excluding hydrogens is 399 g/mol. The third-order valence-corrected chi connectivity index (χ3v) is 4.62. The number of halogens is 4. The number of benzene rings is 2. The second-order valence-corrected chi connectivity index (χ2v) is 6.61. The number of hydrogen-bond acceptors (Lipinski definition) is 5. The molecule has 6 nitrogen and oxygen atoms in total. The van der Waals surface area contributed by atoms with E-state index in [4.69, 9.17) is 17.7 Å². The van der Waals surface area contributed by atoms with E-state index in [9.17, 15) is 23.3 Å². The van der Waals surface area contributed by atoms with Crippen LogP contribution in [-0.2, 0) is 6.18 Å². The summed E-state index contributed by atoms with van der Waals surface area (Å²) in [4.78, 5) is 13.5. The fourth-order valence-electron chi connectivity index (χ4n) is 2.94. The van der Waals surface area contributed by atoms with E-state index >= 15 is 0 Å². The molecule has 0 bridgehead atoms. The third-order valence-electron chi connectivity index (χ3n) is 4.31. The van der Waals surface area contributed by atoms with Gasteiger partial charge in [-0.15, -0.1) is 0 Å². The van der Waals surface area contributed by atoms with Crippen LogP contribution in [0.15, 0.2) is 36.4 Å².